The maximum atomic E-state index is 12.1. The summed E-state index contributed by atoms with van der Waals surface area (Å²) >= 11 is 6.02. The van der Waals surface area contributed by atoms with Crippen LogP contribution < -0.4 is 9.64 Å². The lowest BCUT2D eigenvalue weighted by Crippen LogP contribution is -2.23. The number of rotatable bonds is 5. The van der Waals surface area contributed by atoms with Crippen molar-refractivity contribution in [1.29, 1.82) is 0 Å². The number of halogens is 1. The van der Waals surface area contributed by atoms with Gasteiger partial charge >= 0.3 is 0 Å². The average Bonchev–Trinajstić information content (AvgIpc) is 3.35. The van der Waals surface area contributed by atoms with Crippen LogP contribution in [0.3, 0.4) is 0 Å². The number of carbonyl (C=O) groups excluding carboxylic acids is 1. The highest BCUT2D eigenvalue weighted by molar-refractivity contribution is 6.29. The van der Waals surface area contributed by atoms with Gasteiger partial charge in [0.15, 0.2) is 5.65 Å². The molecule has 5 rings (SSSR count). The van der Waals surface area contributed by atoms with Crippen LogP contribution in [0.5, 0.6) is 5.75 Å². The largest absolute Gasteiger partial charge is 0.487 e. The highest BCUT2D eigenvalue weighted by Crippen LogP contribution is 2.42. The van der Waals surface area contributed by atoms with E-state index in [1.54, 1.807) is 11.0 Å². The Morgan fingerprint density at radius 1 is 1.21 bits per heavy atom. The molecule has 29 heavy (non-hydrogen) atoms. The molecule has 0 atom stereocenters. The summed E-state index contributed by atoms with van der Waals surface area (Å²) in [6.07, 6.45) is 6.59. The molecule has 1 saturated carbocycles. The molecule has 4 heterocycles. The van der Waals surface area contributed by atoms with Gasteiger partial charge in [-0.15, -0.1) is 0 Å². The van der Waals surface area contributed by atoms with Crippen molar-refractivity contribution in [2.45, 2.75) is 32.3 Å². The maximum Gasteiger partial charge on any atom is 0.243 e. The summed E-state index contributed by atoms with van der Waals surface area (Å²) in [5, 5.41) is 0.411. The van der Waals surface area contributed by atoms with Crippen molar-refractivity contribution in [3.05, 3.63) is 52.7 Å². The van der Waals surface area contributed by atoms with E-state index in [0.29, 0.717) is 36.6 Å². The summed E-state index contributed by atoms with van der Waals surface area (Å²) in [6.45, 7) is 3.17. The Morgan fingerprint density at radius 2 is 2.03 bits per heavy atom. The van der Waals surface area contributed by atoms with Gasteiger partial charge in [0.05, 0.1) is 24.6 Å². The second kappa shape index (κ2) is 6.91. The summed E-state index contributed by atoms with van der Waals surface area (Å²) in [7, 11) is 1.83. The smallest absolute Gasteiger partial charge is 0.243 e. The number of likely N-dealkylation sites (N-methyl/N-ethyl adjacent to an activating group) is 1. The number of hydrogen-bond acceptors (Lipinski definition) is 5. The van der Waals surface area contributed by atoms with Crippen LogP contribution in [0, 0.1) is 6.92 Å². The van der Waals surface area contributed by atoms with E-state index in [-0.39, 0.29) is 5.91 Å². The fourth-order valence-corrected chi connectivity index (χ4v) is 4.00. The monoisotopic (exact) mass is 411 g/mol. The summed E-state index contributed by atoms with van der Waals surface area (Å²) in [5.74, 6) is 1.41. The molecule has 0 spiro atoms. The van der Waals surface area contributed by atoms with Crippen molar-refractivity contribution in [2.75, 3.05) is 25.2 Å². The zero-order valence-electron chi connectivity index (χ0n) is 16.4. The standard InChI is InChI=1S/C21H22ClN5O2/c1-13-5-17(7-19(22)23-13)29-11-16-9-26-8-15(14-3-4-14)6-18(21(26)24-16)27-10-20(28)25(2)12-27/h5-9,14H,3-4,10-12H2,1-2H3. The quantitative estimate of drug-likeness (QED) is 0.602. The predicted octanol–water partition coefficient (Wildman–Crippen LogP) is 3.38. The van der Waals surface area contributed by atoms with Gasteiger partial charge in [0.1, 0.15) is 17.5 Å². The molecule has 0 bridgehead atoms. The van der Waals surface area contributed by atoms with Crippen LogP contribution >= 0.6 is 11.6 Å². The second-order valence-electron chi connectivity index (χ2n) is 7.88. The number of fused-ring (bicyclic) bond motifs is 1. The van der Waals surface area contributed by atoms with Crippen molar-refractivity contribution in [3.63, 3.8) is 0 Å². The van der Waals surface area contributed by atoms with Gasteiger partial charge in [-0.25, -0.2) is 9.97 Å². The number of aryl methyl sites for hydroxylation is 1. The lowest BCUT2D eigenvalue weighted by Gasteiger charge is -2.19. The van der Waals surface area contributed by atoms with Crippen LogP contribution in [0.4, 0.5) is 5.69 Å². The molecule has 0 radical (unpaired) electrons. The van der Waals surface area contributed by atoms with E-state index in [2.05, 4.69) is 26.5 Å². The van der Waals surface area contributed by atoms with E-state index in [0.717, 1.165) is 22.7 Å². The molecular formula is C21H22ClN5O2. The van der Waals surface area contributed by atoms with Crippen molar-refractivity contribution >= 4 is 28.8 Å². The number of nitrogens with zero attached hydrogens (tertiary/aromatic N) is 5. The number of ether oxygens (including phenoxy) is 1. The summed E-state index contributed by atoms with van der Waals surface area (Å²) in [6, 6.07) is 5.75. The van der Waals surface area contributed by atoms with Gasteiger partial charge in [-0.3, -0.25) is 4.79 Å². The lowest BCUT2D eigenvalue weighted by molar-refractivity contribution is -0.125. The molecule has 3 aromatic rings. The molecule has 7 nitrogen and oxygen atoms in total. The number of hydrogen-bond donors (Lipinski definition) is 0. The first-order valence-electron chi connectivity index (χ1n) is 9.74. The Labute approximate surface area is 173 Å². The highest BCUT2D eigenvalue weighted by atomic mass is 35.5. The molecule has 1 aliphatic heterocycles. The van der Waals surface area contributed by atoms with Crippen LogP contribution in [0.2, 0.25) is 5.15 Å². The molecule has 8 heteroatoms. The third-order valence-electron chi connectivity index (χ3n) is 5.41. The molecule has 150 valence electrons. The molecule has 2 fully saturated rings. The number of aromatic nitrogens is 3. The summed E-state index contributed by atoms with van der Waals surface area (Å²) in [4.78, 5) is 24.9. The minimum atomic E-state index is 0.125. The normalized spacial score (nSPS) is 16.9. The molecule has 1 saturated heterocycles. The van der Waals surface area contributed by atoms with Gasteiger partial charge in [-0.1, -0.05) is 11.6 Å². The fraction of sp³-hybridized carbons (Fsp3) is 0.381. The van der Waals surface area contributed by atoms with Crippen LogP contribution in [-0.4, -0.2) is 45.4 Å². The van der Waals surface area contributed by atoms with Gasteiger partial charge < -0.3 is 18.9 Å². The van der Waals surface area contributed by atoms with E-state index < -0.39 is 0 Å². The van der Waals surface area contributed by atoms with Crippen LogP contribution in [0.25, 0.3) is 5.65 Å². The Balaban J connectivity index is 1.46. The molecular weight excluding hydrogens is 390 g/mol. The maximum absolute atomic E-state index is 12.1. The Hall–Kier alpha value is -2.80. The number of amides is 1. The summed E-state index contributed by atoms with van der Waals surface area (Å²) < 4.78 is 7.96. The first-order valence-corrected chi connectivity index (χ1v) is 10.1. The van der Waals surface area contributed by atoms with Crippen molar-refractivity contribution in [1.82, 2.24) is 19.3 Å². The third kappa shape index (κ3) is 3.62. The van der Waals surface area contributed by atoms with Gasteiger partial charge in [0, 0.05) is 37.3 Å². The zero-order chi connectivity index (χ0) is 20.1. The molecule has 1 amide bonds. The van der Waals surface area contributed by atoms with Crippen molar-refractivity contribution in [2.24, 2.45) is 0 Å². The predicted molar refractivity (Wildman–Crippen MR) is 110 cm³/mol. The molecule has 3 aromatic heterocycles. The van der Waals surface area contributed by atoms with E-state index >= 15 is 0 Å². The third-order valence-corrected chi connectivity index (χ3v) is 5.60. The molecule has 1 aliphatic carbocycles. The van der Waals surface area contributed by atoms with Crippen molar-refractivity contribution in [3.8, 4) is 5.75 Å². The number of pyridine rings is 2. The van der Waals surface area contributed by atoms with Gasteiger partial charge in [0.2, 0.25) is 5.91 Å². The Kier molecular flexibility index (Phi) is 4.35. The molecule has 0 unspecified atom stereocenters. The zero-order valence-corrected chi connectivity index (χ0v) is 17.2. The van der Waals surface area contributed by atoms with Gasteiger partial charge in [-0.2, -0.15) is 0 Å². The van der Waals surface area contributed by atoms with E-state index in [9.17, 15) is 4.79 Å². The number of anilines is 1. The lowest BCUT2D eigenvalue weighted by atomic mass is 10.1. The Bertz CT molecular complexity index is 1090. The minimum Gasteiger partial charge on any atom is -0.487 e. The Morgan fingerprint density at radius 3 is 2.72 bits per heavy atom. The van der Waals surface area contributed by atoms with E-state index in [1.807, 2.05) is 26.2 Å². The topological polar surface area (TPSA) is 63.0 Å². The highest BCUT2D eigenvalue weighted by Gasteiger charge is 2.30. The van der Waals surface area contributed by atoms with Gasteiger partial charge in [-0.05, 0) is 37.3 Å². The van der Waals surface area contributed by atoms with Crippen LogP contribution in [0.15, 0.2) is 30.6 Å². The number of imidazole rings is 1. The first kappa shape index (κ1) is 18.2. The van der Waals surface area contributed by atoms with Crippen LogP contribution in [0.1, 0.15) is 35.7 Å². The minimum absolute atomic E-state index is 0.125. The average molecular weight is 412 g/mol. The fourth-order valence-electron chi connectivity index (χ4n) is 3.76. The number of carbonyl (C=O) groups is 1. The van der Waals surface area contributed by atoms with E-state index in [4.69, 9.17) is 21.3 Å². The van der Waals surface area contributed by atoms with Crippen molar-refractivity contribution < 1.29 is 9.53 Å². The molecule has 0 N–H and O–H groups in total. The second-order valence-corrected chi connectivity index (χ2v) is 8.27. The SMILES string of the molecule is Cc1cc(OCc2cn3cc(C4CC4)cc(N4CC(=O)N(C)C4)c3n2)cc(Cl)n1. The molecule has 2 aliphatic rings. The van der Waals surface area contributed by atoms with Gasteiger partial charge in [0.25, 0.3) is 0 Å². The van der Waals surface area contributed by atoms with E-state index in [1.165, 1.54) is 18.4 Å². The molecule has 0 aromatic carbocycles. The first-order chi connectivity index (χ1) is 14.0. The van der Waals surface area contributed by atoms with Crippen LogP contribution in [-0.2, 0) is 11.4 Å². The summed E-state index contributed by atoms with van der Waals surface area (Å²) in [5.41, 5.74) is 4.78.